The van der Waals surface area contributed by atoms with Gasteiger partial charge in [0.05, 0.1) is 22.3 Å². The van der Waals surface area contributed by atoms with Gasteiger partial charge in [-0.3, -0.25) is 9.79 Å². The zero-order valence-corrected chi connectivity index (χ0v) is 10.7. The van der Waals surface area contributed by atoms with Crippen LogP contribution in [-0.2, 0) is 0 Å². The monoisotopic (exact) mass is 271 g/mol. The van der Waals surface area contributed by atoms with Crippen LogP contribution in [-0.4, -0.2) is 24.8 Å². The summed E-state index contributed by atoms with van der Waals surface area (Å²) in [5.74, 6) is 0.570. The van der Waals surface area contributed by atoms with E-state index in [1.165, 1.54) is 6.92 Å². The van der Waals surface area contributed by atoms with Gasteiger partial charge in [-0.05, 0) is 19.1 Å². The smallest absolute Gasteiger partial charge is 0.196 e. The first kappa shape index (κ1) is 12.2. The van der Waals surface area contributed by atoms with Crippen LogP contribution >= 0.6 is 23.2 Å². The van der Waals surface area contributed by atoms with Gasteiger partial charge >= 0.3 is 0 Å². The van der Waals surface area contributed by atoms with Crippen LogP contribution in [0.25, 0.3) is 0 Å². The molecule has 17 heavy (non-hydrogen) atoms. The van der Waals surface area contributed by atoms with Gasteiger partial charge in [0, 0.05) is 12.1 Å². The van der Waals surface area contributed by atoms with E-state index in [1.807, 2.05) is 0 Å². The van der Waals surface area contributed by atoms with Crippen molar-refractivity contribution in [3.63, 3.8) is 0 Å². The lowest BCUT2D eigenvalue weighted by Crippen LogP contribution is -2.26. The van der Waals surface area contributed by atoms with Crippen molar-refractivity contribution in [1.82, 2.24) is 5.32 Å². The van der Waals surface area contributed by atoms with Crippen LogP contribution in [0.4, 0.5) is 5.69 Å². The van der Waals surface area contributed by atoms with Crippen molar-refractivity contribution < 1.29 is 4.79 Å². The Labute approximate surface area is 109 Å². The average Bonchev–Trinajstić information content (AvgIpc) is 2.75. The van der Waals surface area contributed by atoms with E-state index in [1.54, 1.807) is 12.1 Å². The van der Waals surface area contributed by atoms with E-state index in [-0.39, 0.29) is 5.78 Å². The van der Waals surface area contributed by atoms with Gasteiger partial charge in [0.1, 0.15) is 0 Å². The van der Waals surface area contributed by atoms with E-state index in [0.717, 1.165) is 13.1 Å². The molecule has 1 aromatic carbocycles. The number of guanidine groups is 1. The molecule has 0 aliphatic carbocycles. The molecule has 0 aromatic heterocycles. The lowest BCUT2D eigenvalue weighted by atomic mass is 10.1. The van der Waals surface area contributed by atoms with Crippen LogP contribution in [0.3, 0.4) is 0 Å². The number of halogens is 2. The summed E-state index contributed by atoms with van der Waals surface area (Å²) in [6.07, 6.45) is 0. The van der Waals surface area contributed by atoms with E-state index in [2.05, 4.69) is 15.6 Å². The fourth-order valence-electron chi connectivity index (χ4n) is 1.50. The molecule has 0 atom stereocenters. The Morgan fingerprint density at radius 1 is 1.41 bits per heavy atom. The topological polar surface area (TPSA) is 53.5 Å². The van der Waals surface area contributed by atoms with Crippen molar-refractivity contribution in [2.45, 2.75) is 6.92 Å². The first-order valence-corrected chi connectivity index (χ1v) is 5.89. The zero-order valence-electron chi connectivity index (χ0n) is 9.18. The van der Waals surface area contributed by atoms with E-state index >= 15 is 0 Å². The largest absolute Gasteiger partial charge is 0.354 e. The summed E-state index contributed by atoms with van der Waals surface area (Å²) in [6.45, 7) is 2.99. The fourth-order valence-corrected chi connectivity index (χ4v) is 2.08. The van der Waals surface area contributed by atoms with Crippen LogP contribution in [0, 0.1) is 0 Å². The summed E-state index contributed by atoms with van der Waals surface area (Å²) >= 11 is 12.2. The summed E-state index contributed by atoms with van der Waals surface area (Å²) < 4.78 is 0. The highest BCUT2D eigenvalue weighted by Crippen LogP contribution is 2.32. The van der Waals surface area contributed by atoms with E-state index in [4.69, 9.17) is 23.2 Å². The molecule has 0 radical (unpaired) electrons. The maximum atomic E-state index is 11.2. The SMILES string of the molecule is CC(=O)c1cc(Cl)c(NC2=NCCN2)c(Cl)c1. The fraction of sp³-hybridized carbons (Fsp3) is 0.273. The third-order valence-electron chi connectivity index (χ3n) is 2.37. The summed E-state index contributed by atoms with van der Waals surface area (Å²) in [5, 5.41) is 6.86. The third kappa shape index (κ3) is 2.70. The minimum Gasteiger partial charge on any atom is -0.354 e. The molecule has 1 aliphatic heterocycles. The van der Waals surface area contributed by atoms with Crippen molar-refractivity contribution in [3.05, 3.63) is 27.7 Å². The van der Waals surface area contributed by atoms with Gasteiger partial charge in [-0.15, -0.1) is 0 Å². The Morgan fingerprint density at radius 2 is 2.06 bits per heavy atom. The Hall–Kier alpha value is -1.26. The van der Waals surface area contributed by atoms with Crippen LogP contribution in [0.2, 0.25) is 10.0 Å². The number of carbonyl (C=O) groups is 1. The number of aliphatic imine (C=N–C) groups is 1. The Bertz CT molecular complexity index is 476. The molecule has 0 amide bonds. The predicted molar refractivity (Wildman–Crippen MR) is 70.4 cm³/mol. The molecule has 0 saturated carbocycles. The van der Waals surface area contributed by atoms with E-state index in [0.29, 0.717) is 27.3 Å². The van der Waals surface area contributed by atoms with Gasteiger partial charge in [0.15, 0.2) is 11.7 Å². The highest BCUT2D eigenvalue weighted by molar-refractivity contribution is 6.40. The second-order valence-corrected chi connectivity index (χ2v) is 4.47. The Kier molecular flexibility index (Phi) is 3.54. The molecule has 6 heteroatoms. The summed E-state index contributed by atoms with van der Waals surface area (Å²) in [7, 11) is 0. The molecule has 0 saturated heterocycles. The molecule has 90 valence electrons. The van der Waals surface area contributed by atoms with E-state index in [9.17, 15) is 4.79 Å². The first-order valence-electron chi connectivity index (χ1n) is 5.13. The number of nitrogens with zero attached hydrogens (tertiary/aromatic N) is 1. The Morgan fingerprint density at radius 3 is 2.53 bits per heavy atom. The molecule has 4 nitrogen and oxygen atoms in total. The van der Waals surface area contributed by atoms with Gasteiger partial charge in [-0.2, -0.15) is 0 Å². The molecule has 0 unspecified atom stereocenters. The number of benzene rings is 1. The minimum atomic E-state index is -0.0725. The van der Waals surface area contributed by atoms with Crippen LogP contribution in [0.5, 0.6) is 0 Å². The van der Waals surface area contributed by atoms with Crippen molar-refractivity contribution >= 4 is 40.6 Å². The highest BCUT2D eigenvalue weighted by Gasteiger charge is 2.13. The molecule has 1 heterocycles. The van der Waals surface area contributed by atoms with E-state index < -0.39 is 0 Å². The predicted octanol–water partition coefficient (Wildman–Crippen LogP) is 2.57. The van der Waals surface area contributed by atoms with Gasteiger partial charge in [-0.25, -0.2) is 0 Å². The molecule has 0 spiro atoms. The molecular formula is C11H11Cl2N3O. The highest BCUT2D eigenvalue weighted by atomic mass is 35.5. The number of anilines is 1. The quantitative estimate of drug-likeness (QED) is 0.813. The van der Waals surface area contributed by atoms with Crippen molar-refractivity contribution in [2.75, 3.05) is 18.4 Å². The average molecular weight is 272 g/mol. The second-order valence-electron chi connectivity index (χ2n) is 3.65. The maximum Gasteiger partial charge on any atom is 0.196 e. The molecule has 0 bridgehead atoms. The van der Waals surface area contributed by atoms with Crippen LogP contribution < -0.4 is 10.6 Å². The van der Waals surface area contributed by atoms with Crippen LogP contribution in [0.15, 0.2) is 17.1 Å². The van der Waals surface area contributed by atoms with Gasteiger partial charge in [-0.1, -0.05) is 23.2 Å². The maximum absolute atomic E-state index is 11.2. The molecular weight excluding hydrogens is 261 g/mol. The molecule has 1 aromatic rings. The van der Waals surface area contributed by atoms with Crippen molar-refractivity contribution in [1.29, 1.82) is 0 Å². The van der Waals surface area contributed by atoms with Gasteiger partial charge in [0.2, 0.25) is 0 Å². The van der Waals surface area contributed by atoms with Gasteiger partial charge in [0.25, 0.3) is 0 Å². The summed E-state index contributed by atoms with van der Waals surface area (Å²) in [4.78, 5) is 15.4. The molecule has 2 rings (SSSR count). The van der Waals surface area contributed by atoms with Crippen molar-refractivity contribution in [3.8, 4) is 0 Å². The summed E-state index contributed by atoms with van der Waals surface area (Å²) in [6, 6.07) is 3.18. The number of Topliss-reactive ketones (excluding diaryl/α,β-unsaturated/α-hetero) is 1. The van der Waals surface area contributed by atoms with Gasteiger partial charge < -0.3 is 10.6 Å². The normalized spacial score (nSPS) is 14.2. The number of nitrogens with one attached hydrogen (secondary N) is 2. The van der Waals surface area contributed by atoms with Crippen molar-refractivity contribution in [2.24, 2.45) is 4.99 Å². The zero-order chi connectivity index (χ0) is 12.4. The number of ketones is 1. The van der Waals surface area contributed by atoms with Crippen LogP contribution in [0.1, 0.15) is 17.3 Å². The number of carbonyl (C=O) groups excluding carboxylic acids is 1. The first-order chi connectivity index (χ1) is 8.08. The molecule has 2 N–H and O–H groups in total. The number of hydrogen-bond donors (Lipinski definition) is 2. The third-order valence-corrected chi connectivity index (χ3v) is 2.96. The number of hydrogen-bond acceptors (Lipinski definition) is 4. The summed E-state index contributed by atoms with van der Waals surface area (Å²) in [5.41, 5.74) is 1.05. The molecule has 0 fully saturated rings. The lowest BCUT2D eigenvalue weighted by Gasteiger charge is -2.11. The second kappa shape index (κ2) is 4.94. The molecule has 1 aliphatic rings. The minimum absolute atomic E-state index is 0.0725. The Balaban J connectivity index is 2.31. The number of rotatable bonds is 2. The standard InChI is InChI=1S/C11H11Cl2N3O/c1-6(17)7-4-8(12)10(9(13)5-7)16-11-14-2-3-15-11/h4-5H,2-3H2,1H3,(H2,14,15,16). The lowest BCUT2D eigenvalue weighted by molar-refractivity contribution is 0.101.